The summed E-state index contributed by atoms with van der Waals surface area (Å²) in [5, 5.41) is 9.46. The maximum absolute atomic E-state index is 11.7. The highest BCUT2D eigenvalue weighted by Crippen LogP contribution is 2.38. The van der Waals surface area contributed by atoms with Crippen LogP contribution in [0.3, 0.4) is 0 Å². The van der Waals surface area contributed by atoms with E-state index in [-0.39, 0.29) is 25.6 Å². The third kappa shape index (κ3) is 5.22. The predicted molar refractivity (Wildman–Crippen MR) is 80.4 cm³/mol. The van der Waals surface area contributed by atoms with Crippen LogP contribution in [-0.4, -0.2) is 36.5 Å². The van der Waals surface area contributed by atoms with Gasteiger partial charge in [0.2, 0.25) is 5.60 Å². The van der Waals surface area contributed by atoms with E-state index in [2.05, 4.69) is 5.48 Å². The smallest absolute Gasteiger partial charge is 0.431 e. The summed E-state index contributed by atoms with van der Waals surface area (Å²) in [6, 6.07) is 9.14. The first kappa shape index (κ1) is 17.2. The minimum Gasteiger partial charge on any atom is -0.479 e. The molecule has 1 unspecified atom stereocenters. The Morgan fingerprint density at radius 1 is 1.30 bits per heavy atom. The van der Waals surface area contributed by atoms with Crippen LogP contribution >= 0.6 is 0 Å². The maximum Gasteiger partial charge on any atom is 0.431 e. The summed E-state index contributed by atoms with van der Waals surface area (Å²) in [6.45, 7) is -0.0825. The first-order valence-corrected chi connectivity index (χ1v) is 7.43. The number of aliphatic carboxylic acids is 1. The van der Waals surface area contributed by atoms with Gasteiger partial charge < -0.3 is 14.6 Å². The molecule has 0 aromatic heterocycles. The largest absolute Gasteiger partial charge is 0.479 e. The molecule has 1 aliphatic rings. The lowest BCUT2D eigenvalue weighted by Gasteiger charge is -2.27. The van der Waals surface area contributed by atoms with Crippen molar-refractivity contribution in [3.05, 3.63) is 35.9 Å². The first-order chi connectivity index (χ1) is 11.1. The van der Waals surface area contributed by atoms with Crippen LogP contribution in [0.4, 0.5) is 4.79 Å². The molecule has 1 aliphatic carbocycles. The van der Waals surface area contributed by atoms with Crippen LogP contribution in [0, 0.1) is 5.92 Å². The molecule has 2 N–H and O–H groups in total. The molecule has 0 bridgehead atoms. The summed E-state index contributed by atoms with van der Waals surface area (Å²) in [5.41, 5.74) is 1.30. The number of carbonyl (C=O) groups excluding carboxylic acids is 1. The van der Waals surface area contributed by atoms with Crippen molar-refractivity contribution in [3.63, 3.8) is 0 Å². The Balaban J connectivity index is 1.86. The van der Waals surface area contributed by atoms with Crippen LogP contribution < -0.4 is 5.48 Å². The van der Waals surface area contributed by atoms with Crippen molar-refractivity contribution in [2.45, 2.75) is 31.5 Å². The van der Waals surface area contributed by atoms with E-state index in [1.54, 1.807) is 0 Å². The normalized spacial score (nSPS) is 16.4. The van der Waals surface area contributed by atoms with Gasteiger partial charge in [0, 0.05) is 7.11 Å². The van der Waals surface area contributed by atoms with Gasteiger partial charge in [0.15, 0.2) is 0 Å². The minimum absolute atomic E-state index is 0.0724. The Labute approximate surface area is 134 Å². The highest BCUT2D eigenvalue weighted by atomic mass is 16.7. The number of rotatable bonds is 9. The molecular formula is C16H21NO6. The third-order valence-corrected chi connectivity index (χ3v) is 3.63. The molecule has 1 fully saturated rings. The van der Waals surface area contributed by atoms with Crippen LogP contribution in [0.1, 0.15) is 24.8 Å². The molecule has 0 aliphatic heterocycles. The first-order valence-electron chi connectivity index (χ1n) is 7.43. The fourth-order valence-corrected chi connectivity index (χ4v) is 2.24. The van der Waals surface area contributed by atoms with Crippen LogP contribution in [0.2, 0.25) is 0 Å². The van der Waals surface area contributed by atoms with Gasteiger partial charge in [0.1, 0.15) is 6.61 Å². The van der Waals surface area contributed by atoms with E-state index in [4.69, 9.17) is 14.3 Å². The van der Waals surface area contributed by atoms with Crippen LogP contribution in [0.5, 0.6) is 0 Å². The van der Waals surface area contributed by atoms with Crippen LogP contribution in [-0.2, 0) is 25.7 Å². The Morgan fingerprint density at radius 2 is 2.00 bits per heavy atom. The monoisotopic (exact) mass is 323 g/mol. The quantitative estimate of drug-likeness (QED) is 0.676. The molecule has 0 spiro atoms. The second-order valence-corrected chi connectivity index (χ2v) is 5.65. The average molecular weight is 323 g/mol. The molecule has 1 atom stereocenters. The summed E-state index contributed by atoms with van der Waals surface area (Å²) in [6.07, 6.45) is 1.36. The highest BCUT2D eigenvalue weighted by molar-refractivity contribution is 5.78. The number of hydrogen-bond donors (Lipinski definition) is 2. The van der Waals surface area contributed by atoms with Crippen molar-refractivity contribution in [1.82, 2.24) is 5.48 Å². The molecule has 1 aromatic carbocycles. The second kappa shape index (κ2) is 7.94. The van der Waals surface area contributed by atoms with E-state index in [0.29, 0.717) is 0 Å². The lowest BCUT2D eigenvalue weighted by Crippen LogP contribution is -2.50. The number of hydroxylamine groups is 1. The van der Waals surface area contributed by atoms with E-state index in [1.165, 1.54) is 7.11 Å². The Hall–Kier alpha value is -2.12. The van der Waals surface area contributed by atoms with Crippen LogP contribution in [0.25, 0.3) is 0 Å². The number of carboxylic acids is 1. The summed E-state index contributed by atoms with van der Waals surface area (Å²) in [5.74, 6) is -0.891. The van der Waals surface area contributed by atoms with Gasteiger partial charge in [0.05, 0.1) is 6.61 Å². The molecule has 7 nitrogen and oxygen atoms in total. The topological polar surface area (TPSA) is 94.1 Å². The van der Waals surface area contributed by atoms with Crippen molar-refractivity contribution in [3.8, 4) is 0 Å². The van der Waals surface area contributed by atoms with Gasteiger partial charge in [-0.2, -0.15) is 5.48 Å². The SMILES string of the molecule is COCC(CC1CC1)(ONC(=O)OCc1ccccc1)C(=O)O. The summed E-state index contributed by atoms with van der Waals surface area (Å²) < 4.78 is 9.95. The second-order valence-electron chi connectivity index (χ2n) is 5.65. The van der Waals surface area contributed by atoms with Gasteiger partial charge in [-0.3, -0.25) is 0 Å². The molecule has 23 heavy (non-hydrogen) atoms. The van der Waals surface area contributed by atoms with Crippen molar-refractivity contribution in [1.29, 1.82) is 0 Å². The molecule has 0 heterocycles. The Bertz CT molecular complexity index is 531. The van der Waals surface area contributed by atoms with Gasteiger partial charge in [-0.25, -0.2) is 14.4 Å². The lowest BCUT2D eigenvalue weighted by molar-refractivity contribution is -0.186. The molecule has 1 aromatic rings. The molecule has 1 saturated carbocycles. The number of ether oxygens (including phenoxy) is 2. The number of amides is 1. The number of methoxy groups -OCH3 is 1. The van der Waals surface area contributed by atoms with Crippen molar-refractivity contribution in [2.24, 2.45) is 5.92 Å². The van der Waals surface area contributed by atoms with E-state index in [0.717, 1.165) is 18.4 Å². The number of carboxylic acid groups (broad SMARTS) is 1. The van der Waals surface area contributed by atoms with Crippen molar-refractivity contribution >= 4 is 12.1 Å². The molecule has 2 rings (SSSR count). The van der Waals surface area contributed by atoms with E-state index in [9.17, 15) is 14.7 Å². The fraction of sp³-hybridized carbons (Fsp3) is 0.500. The summed E-state index contributed by atoms with van der Waals surface area (Å²) in [7, 11) is 1.39. The van der Waals surface area contributed by atoms with E-state index < -0.39 is 17.7 Å². The standard InChI is InChI=1S/C16H21NO6/c1-21-11-16(14(18)19,9-12-7-8-12)23-17-15(20)22-10-13-5-3-2-4-6-13/h2-6,12H,7-11H2,1H3,(H,17,20)(H,18,19). The maximum atomic E-state index is 11.7. The summed E-state index contributed by atoms with van der Waals surface area (Å²) >= 11 is 0. The zero-order valence-corrected chi connectivity index (χ0v) is 13.0. The van der Waals surface area contributed by atoms with E-state index >= 15 is 0 Å². The number of hydrogen-bond acceptors (Lipinski definition) is 5. The Kier molecular flexibility index (Phi) is 5.95. The van der Waals surface area contributed by atoms with E-state index in [1.807, 2.05) is 30.3 Å². The fourth-order valence-electron chi connectivity index (χ4n) is 2.24. The van der Waals surface area contributed by atoms with Crippen molar-refractivity contribution in [2.75, 3.05) is 13.7 Å². The highest BCUT2D eigenvalue weighted by Gasteiger charge is 2.46. The number of benzene rings is 1. The molecule has 1 amide bonds. The lowest BCUT2D eigenvalue weighted by atomic mass is 9.98. The third-order valence-electron chi connectivity index (χ3n) is 3.63. The zero-order valence-electron chi connectivity index (χ0n) is 13.0. The molecule has 0 radical (unpaired) electrons. The Morgan fingerprint density at radius 3 is 2.57 bits per heavy atom. The van der Waals surface area contributed by atoms with Crippen molar-refractivity contribution < 1.29 is 29.0 Å². The van der Waals surface area contributed by atoms with Gasteiger partial charge in [-0.1, -0.05) is 43.2 Å². The number of nitrogens with one attached hydrogen (secondary N) is 1. The average Bonchev–Trinajstić information content (AvgIpc) is 3.35. The zero-order chi connectivity index (χ0) is 16.7. The van der Waals surface area contributed by atoms with Gasteiger partial charge in [-0.05, 0) is 17.9 Å². The van der Waals surface area contributed by atoms with Crippen LogP contribution in [0.15, 0.2) is 30.3 Å². The number of carbonyl (C=O) groups is 2. The predicted octanol–water partition coefficient (Wildman–Crippen LogP) is 2.11. The minimum atomic E-state index is -1.60. The summed E-state index contributed by atoms with van der Waals surface area (Å²) in [4.78, 5) is 28.5. The molecular weight excluding hydrogens is 302 g/mol. The van der Waals surface area contributed by atoms with Gasteiger partial charge in [-0.15, -0.1) is 0 Å². The van der Waals surface area contributed by atoms with Gasteiger partial charge in [0.25, 0.3) is 0 Å². The molecule has 126 valence electrons. The van der Waals surface area contributed by atoms with Gasteiger partial charge >= 0.3 is 12.1 Å². The molecule has 7 heteroatoms. The molecule has 0 saturated heterocycles.